The topological polar surface area (TPSA) is 91.6 Å². The molecular weight excluding hydrogens is 314 g/mol. The van der Waals surface area contributed by atoms with Crippen LogP contribution in [0.2, 0.25) is 0 Å². The summed E-state index contributed by atoms with van der Waals surface area (Å²) in [5.74, 6) is -0.266. The van der Waals surface area contributed by atoms with E-state index in [1.165, 1.54) is 0 Å². The molecule has 1 fully saturated rings. The molecule has 1 aromatic heterocycles. The first-order valence-electron chi connectivity index (χ1n) is 7.88. The molecule has 1 atom stereocenters. The lowest BCUT2D eigenvalue weighted by Crippen LogP contribution is -2.52. The van der Waals surface area contributed by atoms with E-state index in [-0.39, 0.29) is 24.3 Å². The molecule has 0 unspecified atom stereocenters. The van der Waals surface area contributed by atoms with Crippen molar-refractivity contribution in [1.82, 2.24) is 20.1 Å². The lowest BCUT2D eigenvalue weighted by Gasteiger charge is -2.34. The van der Waals surface area contributed by atoms with Gasteiger partial charge < -0.3 is 16.0 Å². The van der Waals surface area contributed by atoms with Crippen LogP contribution in [0.3, 0.4) is 0 Å². The summed E-state index contributed by atoms with van der Waals surface area (Å²) < 4.78 is 0. The minimum absolute atomic E-state index is 0.0192. The van der Waals surface area contributed by atoms with Gasteiger partial charge >= 0.3 is 0 Å². The first-order valence-corrected chi connectivity index (χ1v) is 8.82. The largest absolute Gasteiger partial charge is 0.346 e. The van der Waals surface area contributed by atoms with Crippen LogP contribution in [0.4, 0.5) is 0 Å². The fourth-order valence-corrected chi connectivity index (χ4v) is 2.94. The third kappa shape index (κ3) is 5.26. The highest BCUT2D eigenvalue weighted by Crippen LogP contribution is 2.09. The number of piperazine rings is 1. The van der Waals surface area contributed by atoms with Crippen molar-refractivity contribution in [2.24, 2.45) is 11.7 Å². The van der Waals surface area contributed by atoms with Crippen molar-refractivity contribution in [2.75, 3.05) is 32.7 Å². The molecule has 2 heterocycles. The number of nitrogens with two attached hydrogens (primary N) is 1. The van der Waals surface area contributed by atoms with E-state index in [0.29, 0.717) is 13.1 Å². The van der Waals surface area contributed by atoms with E-state index in [2.05, 4.69) is 15.2 Å². The Kier molecular flexibility index (Phi) is 6.49. The first kappa shape index (κ1) is 17.8. The van der Waals surface area contributed by atoms with Gasteiger partial charge in [0, 0.05) is 38.1 Å². The molecule has 0 aromatic carbocycles. The summed E-state index contributed by atoms with van der Waals surface area (Å²) in [4.78, 5) is 32.3. The number of thiazole rings is 1. The van der Waals surface area contributed by atoms with Crippen LogP contribution < -0.4 is 11.1 Å². The van der Waals surface area contributed by atoms with Crippen LogP contribution in [-0.4, -0.2) is 65.4 Å². The van der Waals surface area contributed by atoms with E-state index in [1.807, 2.05) is 24.7 Å². The van der Waals surface area contributed by atoms with Gasteiger partial charge in [-0.05, 0) is 5.92 Å². The summed E-state index contributed by atoms with van der Waals surface area (Å²) in [7, 11) is 0. The maximum atomic E-state index is 12.2. The standard InChI is InChI=1S/C15H25N5O2S/c1-11(2)14(16)15(22)17-7-13(21)20-5-3-19(4-6-20)8-12-9-23-10-18-12/h9-11,14H,3-8,16H2,1-2H3,(H,17,22)/t14-/m0/s1. The molecular formula is C15H25N5O2S. The molecule has 2 amide bonds. The molecule has 23 heavy (non-hydrogen) atoms. The number of carbonyl (C=O) groups is 2. The quantitative estimate of drug-likeness (QED) is 0.754. The Labute approximate surface area is 140 Å². The zero-order chi connectivity index (χ0) is 16.8. The molecule has 7 nitrogen and oxygen atoms in total. The second-order valence-corrected chi connectivity index (χ2v) is 6.84. The van der Waals surface area contributed by atoms with Crippen LogP contribution in [-0.2, 0) is 16.1 Å². The highest BCUT2D eigenvalue weighted by Gasteiger charge is 2.23. The van der Waals surface area contributed by atoms with Gasteiger partial charge in [-0.25, -0.2) is 4.98 Å². The summed E-state index contributed by atoms with van der Waals surface area (Å²) in [6.45, 7) is 7.60. The van der Waals surface area contributed by atoms with Crippen molar-refractivity contribution in [3.63, 3.8) is 0 Å². The molecule has 8 heteroatoms. The van der Waals surface area contributed by atoms with Gasteiger partial charge in [0.1, 0.15) is 0 Å². The number of nitrogens with zero attached hydrogens (tertiary/aromatic N) is 3. The van der Waals surface area contributed by atoms with Crippen LogP contribution in [0.15, 0.2) is 10.9 Å². The van der Waals surface area contributed by atoms with Crippen LogP contribution in [0.5, 0.6) is 0 Å². The lowest BCUT2D eigenvalue weighted by molar-refractivity contribution is -0.134. The summed E-state index contributed by atoms with van der Waals surface area (Å²) >= 11 is 1.59. The molecule has 1 saturated heterocycles. The van der Waals surface area contributed by atoms with Crippen molar-refractivity contribution in [2.45, 2.75) is 26.4 Å². The number of carbonyl (C=O) groups excluding carboxylic acids is 2. The Morgan fingerprint density at radius 2 is 2.04 bits per heavy atom. The van der Waals surface area contributed by atoms with Gasteiger partial charge in [0.15, 0.2) is 0 Å². The number of hydrogen-bond donors (Lipinski definition) is 2. The number of aromatic nitrogens is 1. The Bertz CT molecular complexity index is 512. The van der Waals surface area contributed by atoms with Gasteiger partial charge in [-0.2, -0.15) is 0 Å². The third-order valence-electron chi connectivity index (χ3n) is 4.03. The van der Waals surface area contributed by atoms with E-state index >= 15 is 0 Å². The molecule has 3 N–H and O–H groups in total. The predicted molar refractivity (Wildman–Crippen MR) is 89.8 cm³/mol. The summed E-state index contributed by atoms with van der Waals surface area (Å²) in [6, 6.07) is -0.572. The first-order chi connectivity index (χ1) is 11.0. The van der Waals surface area contributed by atoms with E-state index in [4.69, 9.17) is 5.73 Å². The van der Waals surface area contributed by atoms with Crippen LogP contribution in [0.1, 0.15) is 19.5 Å². The Morgan fingerprint density at radius 1 is 1.35 bits per heavy atom. The van der Waals surface area contributed by atoms with Gasteiger partial charge in [0.25, 0.3) is 0 Å². The monoisotopic (exact) mass is 339 g/mol. The smallest absolute Gasteiger partial charge is 0.242 e. The van der Waals surface area contributed by atoms with Crippen LogP contribution in [0.25, 0.3) is 0 Å². The highest BCUT2D eigenvalue weighted by atomic mass is 32.1. The van der Waals surface area contributed by atoms with Crippen LogP contribution in [0, 0.1) is 5.92 Å². The predicted octanol–water partition coefficient (Wildman–Crippen LogP) is -0.113. The van der Waals surface area contributed by atoms with Crippen molar-refractivity contribution in [1.29, 1.82) is 0 Å². The minimum atomic E-state index is -0.572. The maximum Gasteiger partial charge on any atom is 0.242 e. The Hall–Kier alpha value is -1.51. The fourth-order valence-electron chi connectivity index (χ4n) is 2.40. The molecule has 128 valence electrons. The second kappa shape index (κ2) is 8.37. The molecule has 0 bridgehead atoms. The molecule has 0 spiro atoms. The molecule has 1 aliphatic heterocycles. The normalized spacial score (nSPS) is 17.3. The van der Waals surface area contributed by atoms with Crippen molar-refractivity contribution >= 4 is 23.2 Å². The average Bonchev–Trinajstić information content (AvgIpc) is 3.05. The van der Waals surface area contributed by atoms with E-state index in [0.717, 1.165) is 25.3 Å². The Morgan fingerprint density at radius 3 is 2.61 bits per heavy atom. The summed E-state index contributed by atoms with van der Waals surface area (Å²) in [5.41, 5.74) is 8.67. The zero-order valence-corrected chi connectivity index (χ0v) is 14.5. The summed E-state index contributed by atoms with van der Waals surface area (Å²) in [5, 5.41) is 4.68. The van der Waals surface area contributed by atoms with Gasteiger partial charge in [0.2, 0.25) is 11.8 Å². The number of amides is 2. The Balaban J connectivity index is 1.70. The van der Waals surface area contributed by atoms with Crippen LogP contribution >= 0.6 is 11.3 Å². The number of nitrogens with one attached hydrogen (secondary N) is 1. The molecule has 0 radical (unpaired) electrons. The SMILES string of the molecule is CC(C)[C@H](N)C(=O)NCC(=O)N1CCN(Cc2cscn2)CC1. The molecule has 0 aliphatic carbocycles. The third-order valence-corrected chi connectivity index (χ3v) is 4.66. The van der Waals surface area contributed by atoms with Gasteiger partial charge in [0.05, 0.1) is 23.8 Å². The zero-order valence-electron chi connectivity index (χ0n) is 13.7. The molecule has 0 saturated carbocycles. The molecule has 1 aliphatic rings. The lowest BCUT2D eigenvalue weighted by atomic mass is 10.1. The fraction of sp³-hybridized carbons (Fsp3) is 0.667. The molecule has 1 aromatic rings. The van der Waals surface area contributed by atoms with Gasteiger partial charge in [-0.1, -0.05) is 13.8 Å². The second-order valence-electron chi connectivity index (χ2n) is 6.12. The van der Waals surface area contributed by atoms with E-state index in [1.54, 1.807) is 16.2 Å². The highest BCUT2D eigenvalue weighted by molar-refractivity contribution is 7.07. The van der Waals surface area contributed by atoms with E-state index < -0.39 is 6.04 Å². The van der Waals surface area contributed by atoms with E-state index in [9.17, 15) is 9.59 Å². The molecule has 2 rings (SSSR count). The van der Waals surface area contributed by atoms with Gasteiger partial charge in [-0.3, -0.25) is 14.5 Å². The number of rotatable bonds is 6. The van der Waals surface area contributed by atoms with Crippen molar-refractivity contribution in [3.05, 3.63) is 16.6 Å². The number of hydrogen-bond acceptors (Lipinski definition) is 6. The average molecular weight is 339 g/mol. The van der Waals surface area contributed by atoms with Crippen molar-refractivity contribution in [3.8, 4) is 0 Å². The van der Waals surface area contributed by atoms with Crippen molar-refractivity contribution < 1.29 is 9.59 Å². The maximum absolute atomic E-state index is 12.2. The summed E-state index contributed by atoms with van der Waals surface area (Å²) in [6.07, 6.45) is 0. The minimum Gasteiger partial charge on any atom is -0.346 e. The van der Waals surface area contributed by atoms with Gasteiger partial charge in [-0.15, -0.1) is 11.3 Å².